The number of carbonyl (C=O) groups is 1. The molecule has 0 saturated carbocycles. The Morgan fingerprint density at radius 2 is 2.33 bits per heavy atom. The molecule has 0 unspecified atom stereocenters. The summed E-state index contributed by atoms with van der Waals surface area (Å²) in [7, 11) is 2.26. The van der Waals surface area contributed by atoms with Gasteiger partial charge in [-0.15, -0.1) is 0 Å². The number of carbonyl (C=O) groups excluding carboxylic acids is 1. The SMILES string of the molecule is COC(=O)c1c(=O)on(C)[n+]1[O-]. The minimum Gasteiger partial charge on any atom is -0.593 e. The molecule has 66 valence electrons. The number of methoxy groups -OCH3 is 1. The zero-order valence-electron chi connectivity index (χ0n) is 6.44. The summed E-state index contributed by atoms with van der Waals surface area (Å²) in [5.74, 6) is -1.01. The molecule has 0 aliphatic rings. The molecule has 12 heavy (non-hydrogen) atoms. The molecule has 7 nitrogen and oxygen atoms in total. The van der Waals surface area contributed by atoms with E-state index in [-0.39, 0.29) is 4.85 Å². The van der Waals surface area contributed by atoms with E-state index in [1.165, 1.54) is 7.05 Å². The number of aromatic nitrogens is 2. The van der Waals surface area contributed by atoms with Crippen LogP contribution in [0, 0.1) is 5.21 Å². The second-order valence-corrected chi connectivity index (χ2v) is 1.96. The standard InChI is InChI=1S/C5H6N2O5/c1-6-7(10)3(4(8)11-2)5(9)12-6/h1-2H3. The van der Waals surface area contributed by atoms with Crippen LogP contribution >= 0.6 is 0 Å². The highest BCUT2D eigenvalue weighted by molar-refractivity contribution is 5.84. The van der Waals surface area contributed by atoms with E-state index in [0.29, 0.717) is 4.85 Å². The van der Waals surface area contributed by atoms with Crippen LogP contribution in [0.3, 0.4) is 0 Å². The molecular formula is C5H6N2O5. The summed E-state index contributed by atoms with van der Waals surface area (Å²) in [5.41, 5.74) is -1.70. The first kappa shape index (κ1) is 8.31. The maximum atomic E-state index is 10.9. The fraction of sp³-hybridized carbons (Fsp3) is 0.400. The molecule has 1 rings (SSSR count). The van der Waals surface area contributed by atoms with Gasteiger partial charge in [-0.05, 0) is 4.85 Å². The van der Waals surface area contributed by atoms with E-state index in [2.05, 4.69) is 9.26 Å². The zero-order valence-corrected chi connectivity index (χ0v) is 6.44. The van der Waals surface area contributed by atoms with E-state index in [1.54, 1.807) is 0 Å². The van der Waals surface area contributed by atoms with Crippen molar-refractivity contribution in [1.82, 2.24) is 4.85 Å². The topological polar surface area (TPSA) is 88.4 Å². The second kappa shape index (κ2) is 2.68. The fourth-order valence-electron chi connectivity index (χ4n) is 0.677. The van der Waals surface area contributed by atoms with Gasteiger partial charge in [-0.3, -0.25) is 4.52 Å². The van der Waals surface area contributed by atoms with Gasteiger partial charge in [0, 0.05) is 4.85 Å². The van der Waals surface area contributed by atoms with Crippen molar-refractivity contribution in [2.24, 2.45) is 7.05 Å². The van der Waals surface area contributed by atoms with Crippen molar-refractivity contribution in [3.8, 4) is 0 Å². The van der Waals surface area contributed by atoms with Crippen LogP contribution in [0.15, 0.2) is 9.32 Å². The minimum atomic E-state index is -1.01. The minimum absolute atomic E-state index is 0.0220. The largest absolute Gasteiger partial charge is 0.593 e. The summed E-state index contributed by atoms with van der Waals surface area (Å²) in [4.78, 5) is 22.1. The first-order valence-corrected chi connectivity index (χ1v) is 2.96. The lowest BCUT2D eigenvalue weighted by atomic mass is 10.5. The fourth-order valence-corrected chi connectivity index (χ4v) is 0.677. The molecule has 0 aliphatic heterocycles. The van der Waals surface area contributed by atoms with E-state index in [4.69, 9.17) is 0 Å². The highest BCUT2D eigenvalue weighted by Crippen LogP contribution is 1.85. The van der Waals surface area contributed by atoms with Crippen LogP contribution < -0.4 is 10.5 Å². The molecule has 0 aliphatic carbocycles. The lowest BCUT2D eigenvalue weighted by Crippen LogP contribution is -2.42. The first-order valence-electron chi connectivity index (χ1n) is 2.96. The highest BCUT2D eigenvalue weighted by atomic mass is 16.6. The number of ether oxygens (including phenoxy) is 1. The van der Waals surface area contributed by atoms with Crippen LogP contribution in [0.5, 0.6) is 0 Å². The third kappa shape index (κ3) is 1.04. The van der Waals surface area contributed by atoms with Crippen molar-refractivity contribution < 1.29 is 18.9 Å². The summed E-state index contributed by atoms with van der Waals surface area (Å²) in [6.07, 6.45) is 0. The van der Waals surface area contributed by atoms with Gasteiger partial charge in [-0.1, -0.05) is 0 Å². The van der Waals surface area contributed by atoms with Crippen molar-refractivity contribution in [1.29, 1.82) is 0 Å². The Hall–Kier alpha value is -1.79. The molecule has 0 aromatic carbocycles. The normalized spacial score (nSPS) is 9.83. The lowest BCUT2D eigenvalue weighted by Gasteiger charge is -1.93. The van der Waals surface area contributed by atoms with Gasteiger partial charge in [0.2, 0.25) is 0 Å². The third-order valence-corrected chi connectivity index (χ3v) is 1.23. The van der Waals surface area contributed by atoms with Crippen molar-refractivity contribution in [3.63, 3.8) is 0 Å². The van der Waals surface area contributed by atoms with Crippen LogP contribution in [-0.4, -0.2) is 17.9 Å². The molecule has 0 radical (unpaired) electrons. The molecular weight excluding hydrogens is 168 g/mol. The summed E-state index contributed by atoms with van der Waals surface area (Å²) in [6, 6.07) is 0. The Morgan fingerprint density at radius 1 is 1.75 bits per heavy atom. The molecule has 1 aromatic rings. The number of aryl methyl sites for hydroxylation is 1. The average molecular weight is 174 g/mol. The Balaban J connectivity index is 3.32. The number of esters is 1. The quantitative estimate of drug-likeness (QED) is 0.290. The van der Waals surface area contributed by atoms with Crippen LogP contribution in [0.2, 0.25) is 0 Å². The molecule has 0 spiro atoms. The van der Waals surface area contributed by atoms with Gasteiger partial charge >= 0.3 is 17.3 Å². The van der Waals surface area contributed by atoms with Gasteiger partial charge in [-0.2, -0.15) is 0 Å². The Labute approximate surface area is 66.3 Å². The Bertz CT molecular complexity index is 362. The predicted octanol–water partition coefficient (Wildman–Crippen LogP) is -1.60. The van der Waals surface area contributed by atoms with Gasteiger partial charge in [-0.25, -0.2) is 9.59 Å². The van der Waals surface area contributed by atoms with E-state index >= 15 is 0 Å². The van der Waals surface area contributed by atoms with Crippen LogP contribution in [0.4, 0.5) is 0 Å². The summed E-state index contributed by atoms with van der Waals surface area (Å²) in [6.45, 7) is 0. The lowest BCUT2D eigenvalue weighted by molar-refractivity contribution is -0.712. The van der Waals surface area contributed by atoms with Crippen molar-refractivity contribution in [2.75, 3.05) is 7.11 Å². The van der Waals surface area contributed by atoms with Crippen molar-refractivity contribution in [3.05, 3.63) is 21.3 Å². The van der Waals surface area contributed by atoms with Crippen molar-refractivity contribution >= 4 is 5.97 Å². The van der Waals surface area contributed by atoms with Gasteiger partial charge in [0.05, 0.1) is 7.11 Å². The molecule has 0 amide bonds. The van der Waals surface area contributed by atoms with E-state index in [0.717, 1.165) is 7.11 Å². The molecule has 1 aromatic heterocycles. The Kier molecular flexibility index (Phi) is 1.86. The number of nitrogens with zero attached hydrogens (tertiary/aromatic N) is 2. The van der Waals surface area contributed by atoms with Crippen LogP contribution in [0.1, 0.15) is 10.5 Å². The van der Waals surface area contributed by atoms with Gasteiger partial charge in [0.1, 0.15) is 7.05 Å². The smallest absolute Gasteiger partial charge is 0.444 e. The molecule has 0 N–H and O–H groups in total. The molecule has 0 atom stereocenters. The summed E-state index contributed by atoms with van der Waals surface area (Å²) >= 11 is 0. The maximum absolute atomic E-state index is 10.9. The highest BCUT2D eigenvalue weighted by Gasteiger charge is 2.28. The monoisotopic (exact) mass is 174 g/mol. The van der Waals surface area contributed by atoms with E-state index < -0.39 is 17.3 Å². The van der Waals surface area contributed by atoms with E-state index in [9.17, 15) is 14.8 Å². The van der Waals surface area contributed by atoms with Crippen molar-refractivity contribution in [2.45, 2.75) is 0 Å². The summed E-state index contributed by atoms with van der Waals surface area (Å²) < 4.78 is 8.46. The van der Waals surface area contributed by atoms with Crippen LogP contribution in [0.25, 0.3) is 0 Å². The molecule has 0 saturated heterocycles. The molecule has 7 heteroatoms. The zero-order chi connectivity index (χ0) is 9.30. The third-order valence-electron chi connectivity index (χ3n) is 1.23. The second-order valence-electron chi connectivity index (χ2n) is 1.96. The van der Waals surface area contributed by atoms with Gasteiger partial charge < -0.3 is 9.94 Å². The Morgan fingerprint density at radius 3 is 2.67 bits per heavy atom. The number of hydrogen-bond acceptors (Lipinski definition) is 5. The maximum Gasteiger partial charge on any atom is 0.444 e. The number of hydrogen-bond donors (Lipinski definition) is 0. The number of rotatable bonds is 1. The average Bonchev–Trinajstić information content (AvgIpc) is 2.26. The van der Waals surface area contributed by atoms with E-state index in [1.807, 2.05) is 0 Å². The van der Waals surface area contributed by atoms with Crippen LogP contribution in [-0.2, 0) is 11.8 Å². The predicted molar refractivity (Wildman–Crippen MR) is 34.2 cm³/mol. The molecule has 0 bridgehead atoms. The molecule has 1 heterocycles. The molecule has 0 fully saturated rings. The summed E-state index contributed by atoms with van der Waals surface area (Å²) in [5, 5.41) is 10.9. The first-order chi connectivity index (χ1) is 5.57. The van der Waals surface area contributed by atoms with Gasteiger partial charge in [0.25, 0.3) is 0 Å². The van der Waals surface area contributed by atoms with Gasteiger partial charge in [0.15, 0.2) is 0 Å².